The van der Waals surface area contributed by atoms with Crippen molar-refractivity contribution in [3.63, 3.8) is 0 Å². The molecule has 3 aliphatic rings. The molecule has 2 aliphatic carbocycles. The van der Waals surface area contributed by atoms with Crippen LogP contribution in [0.15, 0.2) is 29.7 Å². The van der Waals surface area contributed by atoms with Crippen LogP contribution in [0.25, 0.3) is 0 Å². The van der Waals surface area contributed by atoms with E-state index in [2.05, 4.69) is 28.1 Å². The quantitative estimate of drug-likeness (QED) is 0.202. The first kappa shape index (κ1) is 33.6. The largest absolute Gasteiger partial charge is 1.00 e. The van der Waals surface area contributed by atoms with Crippen molar-refractivity contribution in [2.45, 2.75) is 89.0 Å². The van der Waals surface area contributed by atoms with Crippen LogP contribution in [0.3, 0.4) is 0 Å². The average molecular weight is 568 g/mol. The van der Waals surface area contributed by atoms with Gasteiger partial charge in [0.2, 0.25) is 0 Å². The van der Waals surface area contributed by atoms with E-state index in [1.54, 1.807) is 6.33 Å². The van der Waals surface area contributed by atoms with Gasteiger partial charge in [0.25, 0.3) is 0 Å². The average Bonchev–Trinajstić information content (AvgIpc) is 3.27. The smallest absolute Gasteiger partial charge is 0.497 e. The Balaban J connectivity index is 0.00000462. The molecule has 41 heavy (non-hydrogen) atoms. The summed E-state index contributed by atoms with van der Waals surface area (Å²) in [7, 11) is 1.89. The van der Waals surface area contributed by atoms with Crippen LogP contribution in [0, 0.1) is 30.4 Å². The van der Waals surface area contributed by atoms with Crippen LogP contribution < -0.4 is 18.9 Å². The number of nitrogens with zero attached hydrogens (tertiary/aromatic N) is 5. The predicted molar refractivity (Wildman–Crippen MR) is 145 cm³/mol. The minimum Gasteiger partial charge on any atom is -0.497 e. The Morgan fingerprint density at radius 3 is 2.61 bits per heavy atom. The number of piperidine rings is 1. The van der Waals surface area contributed by atoms with Gasteiger partial charge in [-0.05, 0) is 82.7 Å². The molecule has 1 aromatic rings. The molecule has 2 unspecified atom stereocenters. The van der Waals surface area contributed by atoms with Crippen LogP contribution in [0.2, 0.25) is 0 Å². The first-order chi connectivity index (χ1) is 18.9. The predicted octanol–water partition coefficient (Wildman–Crippen LogP) is 1.89. The summed E-state index contributed by atoms with van der Waals surface area (Å²) >= 11 is 0. The monoisotopic (exact) mass is 567 g/mol. The molecule has 1 saturated heterocycles. The van der Waals surface area contributed by atoms with Gasteiger partial charge in [-0.25, -0.2) is 17.8 Å². The summed E-state index contributed by atoms with van der Waals surface area (Å²) in [6.45, 7) is 11.9. The number of hydrogen-bond acceptors (Lipinski definition) is 5. The normalized spacial score (nSPS) is 30.4. The van der Waals surface area contributed by atoms with E-state index in [1.807, 2.05) is 24.9 Å². The van der Waals surface area contributed by atoms with Gasteiger partial charge in [-0.3, -0.25) is 6.58 Å². The molecule has 1 aliphatic heterocycles. The van der Waals surface area contributed by atoms with E-state index in [-0.39, 0.29) is 54.8 Å². The standard InChI is InChI=1S/C30H41F3N5O2.Li/c1-21-7-6-11-37(17-21)18-22(2)13-25(30(31,32)33)10-12-38(20-39)26-9-5-8-23(14-26)27(24-15-29(3,40)16-24)28-35-34-19-36(28)4;/h2,12-13,19,21,23-24,26-27,40H,5-9,11,14-18H2,1,3-4H3;/q-3;+1/b25-13+;/t21-,23?,24?,26?,27-,29?;/m0./s1. The molecule has 3 fully saturated rings. The van der Waals surface area contributed by atoms with Gasteiger partial charge >= 0.3 is 25.0 Å². The van der Waals surface area contributed by atoms with E-state index in [9.17, 15) is 23.1 Å². The number of aryl methyl sites for hydroxylation is 1. The van der Waals surface area contributed by atoms with Gasteiger partial charge in [0.1, 0.15) is 12.2 Å². The molecular formula is C30H41F3LiN5O2-2. The third-order valence-corrected chi connectivity index (χ3v) is 8.79. The Hall–Kier alpha value is -1.86. The van der Waals surface area contributed by atoms with E-state index in [1.165, 1.54) is 4.90 Å². The molecule has 0 aromatic carbocycles. The molecule has 0 radical (unpaired) electrons. The molecule has 1 amide bonds. The van der Waals surface area contributed by atoms with Crippen molar-refractivity contribution >= 4 is 6.41 Å². The number of hydrogen-bond donors (Lipinski definition) is 1. The molecular weight excluding hydrogens is 526 g/mol. The Bertz CT molecular complexity index is 1090. The Labute approximate surface area is 254 Å². The second-order valence-electron chi connectivity index (χ2n) is 12.5. The molecule has 1 N–H and O–H groups in total. The molecule has 0 bridgehead atoms. The fourth-order valence-corrected chi connectivity index (χ4v) is 6.97. The summed E-state index contributed by atoms with van der Waals surface area (Å²) < 4.78 is 43.6. The molecule has 4 rings (SSSR count). The fourth-order valence-electron chi connectivity index (χ4n) is 6.97. The van der Waals surface area contributed by atoms with E-state index < -0.39 is 17.4 Å². The number of alkyl halides is 3. The number of halogens is 3. The van der Waals surface area contributed by atoms with Gasteiger partial charge in [-0.1, -0.05) is 13.3 Å². The molecule has 11 heteroatoms. The Morgan fingerprint density at radius 1 is 1.29 bits per heavy atom. The zero-order valence-electron chi connectivity index (χ0n) is 24.7. The van der Waals surface area contributed by atoms with Crippen molar-refractivity contribution in [3.05, 3.63) is 48.2 Å². The van der Waals surface area contributed by atoms with Gasteiger partial charge in [-0.15, -0.1) is 15.8 Å². The van der Waals surface area contributed by atoms with Crippen molar-refractivity contribution in [2.24, 2.45) is 24.8 Å². The number of likely N-dealkylation sites (tertiary alicyclic amines) is 1. The van der Waals surface area contributed by atoms with Crippen molar-refractivity contribution in [1.82, 2.24) is 24.6 Å². The van der Waals surface area contributed by atoms with Gasteiger partial charge in [0.15, 0.2) is 0 Å². The van der Waals surface area contributed by atoms with Crippen molar-refractivity contribution < 1.29 is 41.9 Å². The van der Waals surface area contributed by atoms with Gasteiger partial charge < -0.3 is 30.3 Å². The maximum atomic E-state index is 13.9. The van der Waals surface area contributed by atoms with E-state index >= 15 is 0 Å². The molecule has 2 heterocycles. The third-order valence-electron chi connectivity index (χ3n) is 8.79. The number of aliphatic hydroxyl groups is 1. The maximum absolute atomic E-state index is 13.9. The number of carbonyl (C=O) groups excluding carboxylic acids is 1. The van der Waals surface area contributed by atoms with E-state index in [0.717, 1.165) is 56.9 Å². The Morgan fingerprint density at radius 2 is 2.02 bits per heavy atom. The van der Waals surface area contributed by atoms with Crippen LogP contribution in [0.4, 0.5) is 13.2 Å². The van der Waals surface area contributed by atoms with Gasteiger partial charge in [0.05, 0.1) is 12.0 Å². The summed E-state index contributed by atoms with van der Waals surface area (Å²) in [4.78, 5) is 15.2. The van der Waals surface area contributed by atoms with Crippen molar-refractivity contribution in [2.75, 3.05) is 19.6 Å². The molecule has 0 spiro atoms. The van der Waals surface area contributed by atoms with Crippen LogP contribution >= 0.6 is 0 Å². The van der Waals surface area contributed by atoms with Crippen LogP contribution in [-0.2, 0) is 11.8 Å². The summed E-state index contributed by atoms with van der Waals surface area (Å²) in [6.07, 6.45) is 9.51. The number of amides is 1. The molecule has 1 aromatic heterocycles. The van der Waals surface area contributed by atoms with Crippen LogP contribution in [0.1, 0.15) is 77.0 Å². The maximum Gasteiger partial charge on any atom is 1.00 e. The summed E-state index contributed by atoms with van der Waals surface area (Å²) in [5, 5.41) is 18.8. The fraction of sp³-hybridized carbons (Fsp3) is 0.700. The third kappa shape index (κ3) is 8.82. The summed E-state index contributed by atoms with van der Waals surface area (Å²) in [5.41, 5.74) is -1.61. The number of rotatable bonds is 10. The van der Waals surface area contributed by atoms with E-state index in [4.69, 9.17) is 6.58 Å². The second kappa shape index (κ2) is 14.1. The zero-order valence-corrected chi connectivity index (χ0v) is 24.7. The van der Waals surface area contributed by atoms with Crippen molar-refractivity contribution in [1.29, 1.82) is 0 Å². The SMILES string of the molecule is [CH-]=C(/C=C(\[C-]=CN([C-]=O)C1CCCC([C@H](c2nncn2C)C2CC(C)(O)C2)C1)C(F)(F)F)CN1CCC[C@H](C)C1.[Li+]. The van der Waals surface area contributed by atoms with Crippen molar-refractivity contribution in [3.8, 4) is 0 Å². The summed E-state index contributed by atoms with van der Waals surface area (Å²) in [5.74, 6) is 1.72. The number of allylic oxidation sites excluding steroid dienone is 2. The number of aromatic nitrogens is 3. The molecule has 222 valence electrons. The summed E-state index contributed by atoms with van der Waals surface area (Å²) in [6, 6.07) is -0.314. The Kier molecular flexibility index (Phi) is 11.5. The molecule has 4 atom stereocenters. The molecule has 2 saturated carbocycles. The van der Waals surface area contributed by atoms with Gasteiger partial charge in [0, 0.05) is 25.6 Å². The molecule has 7 nitrogen and oxygen atoms in total. The van der Waals surface area contributed by atoms with E-state index in [0.29, 0.717) is 31.6 Å². The first-order valence-corrected chi connectivity index (χ1v) is 14.3. The topological polar surface area (TPSA) is 74.5 Å². The minimum absolute atomic E-state index is 0. The van der Waals surface area contributed by atoms with Gasteiger partial charge in [-0.2, -0.15) is 13.2 Å². The van der Waals surface area contributed by atoms with Crippen LogP contribution in [-0.4, -0.2) is 73.5 Å². The second-order valence-corrected chi connectivity index (χ2v) is 12.5. The first-order valence-electron chi connectivity index (χ1n) is 14.3. The van der Waals surface area contributed by atoms with Crippen LogP contribution in [0.5, 0.6) is 0 Å². The zero-order chi connectivity index (χ0) is 29.1. The minimum atomic E-state index is -4.67.